The van der Waals surface area contributed by atoms with E-state index < -0.39 is 0 Å². The molecule has 0 N–H and O–H groups in total. The van der Waals surface area contributed by atoms with Crippen LogP contribution in [0, 0.1) is 5.82 Å². The van der Waals surface area contributed by atoms with Crippen LogP contribution in [0.5, 0.6) is 11.5 Å². The lowest BCUT2D eigenvalue weighted by Crippen LogP contribution is -1.93. The number of halogens is 2. The van der Waals surface area contributed by atoms with Crippen LogP contribution in [0.15, 0.2) is 36.5 Å². The number of fused-ring (bicyclic) bond motifs is 2. The molecule has 0 radical (unpaired) electrons. The number of aromatic nitrogens is 2. The average Bonchev–Trinajstić information content (AvgIpc) is 3.09. The summed E-state index contributed by atoms with van der Waals surface area (Å²) in [4.78, 5) is 4.54. The van der Waals surface area contributed by atoms with Gasteiger partial charge in [0.25, 0.3) is 0 Å². The van der Waals surface area contributed by atoms with E-state index in [1.54, 1.807) is 10.5 Å². The molecular weight excluding hydrogens is 295 g/mol. The van der Waals surface area contributed by atoms with Gasteiger partial charge in [0, 0.05) is 11.8 Å². The maximum Gasteiger partial charge on any atom is 0.231 e. The molecule has 0 saturated heterocycles. The fourth-order valence-electron chi connectivity index (χ4n) is 2.47. The Bertz CT molecular complexity index is 847. The van der Waals surface area contributed by atoms with Crippen LogP contribution in [0.4, 0.5) is 4.39 Å². The second-order valence-corrected chi connectivity index (χ2v) is 4.95. The zero-order chi connectivity index (χ0) is 14.4. The summed E-state index contributed by atoms with van der Waals surface area (Å²) < 4.78 is 25.8. The first-order chi connectivity index (χ1) is 10.3. The van der Waals surface area contributed by atoms with Gasteiger partial charge in [0.15, 0.2) is 11.5 Å². The number of hydrogen-bond donors (Lipinski definition) is 0. The largest absolute Gasteiger partial charge is 0.454 e. The van der Waals surface area contributed by atoms with Crippen LogP contribution < -0.4 is 9.47 Å². The highest BCUT2D eigenvalue weighted by molar-refractivity contribution is 6.17. The minimum atomic E-state index is -0.330. The van der Waals surface area contributed by atoms with Crippen LogP contribution in [-0.4, -0.2) is 16.2 Å². The molecule has 0 atom stereocenters. The Morgan fingerprint density at radius 3 is 2.90 bits per heavy atom. The van der Waals surface area contributed by atoms with Crippen molar-refractivity contribution in [1.29, 1.82) is 0 Å². The third kappa shape index (κ3) is 1.93. The second kappa shape index (κ2) is 4.63. The first-order valence-corrected chi connectivity index (χ1v) is 6.92. The number of rotatable bonds is 2. The van der Waals surface area contributed by atoms with E-state index in [4.69, 9.17) is 21.1 Å². The summed E-state index contributed by atoms with van der Waals surface area (Å²) in [7, 11) is 0. The lowest BCUT2D eigenvalue weighted by Gasteiger charge is -2.03. The Morgan fingerprint density at radius 2 is 2.05 bits per heavy atom. The van der Waals surface area contributed by atoms with Crippen LogP contribution in [0.2, 0.25) is 0 Å². The molecule has 0 fully saturated rings. The van der Waals surface area contributed by atoms with Crippen molar-refractivity contribution in [1.82, 2.24) is 9.38 Å². The van der Waals surface area contributed by atoms with E-state index >= 15 is 0 Å². The molecule has 4 rings (SSSR count). The number of hydrogen-bond acceptors (Lipinski definition) is 3. The van der Waals surface area contributed by atoms with Crippen molar-refractivity contribution in [3.05, 3.63) is 48.0 Å². The summed E-state index contributed by atoms with van der Waals surface area (Å²) in [6.07, 6.45) is 1.39. The molecule has 0 amide bonds. The van der Waals surface area contributed by atoms with E-state index in [9.17, 15) is 4.39 Å². The molecule has 6 heteroatoms. The molecule has 21 heavy (non-hydrogen) atoms. The predicted octanol–water partition coefficient (Wildman–Crippen LogP) is 3.61. The Labute approximate surface area is 124 Å². The van der Waals surface area contributed by atoms with Crippen LogP contribution in [0.1, 0.15) is 5.69 Å². The molecule has 0 bridgehead atoms. The normalized spacial score (nSPS) is 13.0. The Hall–Kier alpha value is -2.27. The number of pyridine rings is 1. The van der Waals surface area contributed by atoms with E-state index in [0.717, 1.165) is 11.3 Å². The lowest BCUT2D eigenvalue weighted by molar-refractivity contribution is 0.174. The van der Waals surface area contributed by atoms with Crippen molar-refractivity contribution in [2.24, 2.45) is 0 Å². The fraction of sp³-hybridized carbons (Fsp3) is 0.133. The molecule has 0 unspecified atom stereocenters. The summed E-state index contributed by atoms with van der Waals surface area (Å²) >= 11 is 6.03. The highest BCUT2D eigenvalue weighted by Gasteiger charge is 2.18. The summed E-state index contributed by atoms with van der Waals surface area (Å²) in [5.74, 6) is 1.29. The molecule has 0 saturated carbocycles. The Morgan fingerprint density at radius 1 is 1.19 bits per heavy atom. The van der Waals surface area contributed by atoms with Crippen molar-refractivity contribution in [2.75, 3.05) is 6.79 Å². The quantitative estimate of drug-likeness (QED) is 0.679. The number of alkyl halides is 1. The molecule has 1 aliphatic heterocycles. The van der Waals surface area contributed by atoms with Gasteiger partial charge in [-0.15, -0.1) is 11.6 Å². The standard InChI is InChI=1S/C15H10ClFN2O2/c16-6-11-15(18-14-4-2-10(17)7-19(11)14)9-1-3-12-13(5-9)21-8-20-12/h1-5,7H,6,8H2. The predicted molar refractivity (Wildman–Crippen MR) is 76.3 cm³/mol. The van der Waals surface area contributed by atoms with Crippen molar-refractivity contribution >= 4 is 17.2 Å². The molecule has 3 aromatic rings. The zero-order valence-electron chi connectivity index (χ0n) is 10.8. The zero-order valence-corrected chi connectivity index (χ0v) is 11.6. The Balaban J connectivity index is 1.93. The van der Waals surface area contributed by atoms with Gasteiger partial charge in [0.05, 0.1) is 17.3 Å². The van der Waals surface area contributed by atoms with Gasteiger partial charge in [-0.2, -0.15) is 0 Å². The molecule has 106 valence electrons. The number of ether oxygens (including phenoxy) is 2. The highest BCUT2D eigenvalue weighted by atomic mass is 35.5. The summed E-state index contributed by atoms with van der Waals surface area (Å²) in [6.45, 7) is 0.220. The topological polar surface area (TPSA) is 35.8 Å². The minimum absolute atomic E-state index is 0.220. The first kappa shape index (κ1) is 12.5. The summed E-state index contributed by atoms with van der Waals surface area (Å²) in [5.41, 5.74) is 2.97. The van der Waals surface area contributed by atoms with Gasteiger partial charge < -0.3 is 9.47 Å². The minimum Gasteiger partial charge on any atom is -0.454 e. The molecule has 3 heterocycles. The highest BCUT2D eigenvalue weighted by Crippen LogP contribution is 2.37. The van der Waals surface area contributed by atoms with Crippen molar-refractivity contribution in [2.45, 2.75) is 5.88 Å². The van der Waals surface area contributed by atoms with Gasteiger partial charge in [0.2, 0.25) is 6.79 Å². The van der Waals surface area contributed by atoms with E-state index in [1.165, 1.54) is 12.3 Å². The third-order valence-corrected chi connectivity index (χ3v) is 3.71. The number of nitrogens with zero attached hydrogens (tertiary/aromatic N) is 2. The van der Waals surface area contributed by atoms with Crippen molar-refractivity contribution in [3.63, 3.8) is 0 Å². The molecule has 0 aliphatic carbocycles. The maximum absolute atomic E-state index is 13.4. The lowest BCUT2D eigenvalue weighted by atomic mass is 10.1. The molecule has 1 aromatic carbocycles. The van der Waals surface area contributed by atoms with Gasteiger partial charge >= 0.3 is 0 Å². The second-order valence-electron chi connectivity index (χ2n) is 4.68. The van der Waals surface area contributed by atoms with Crippen LogP contribution in [0.25, 0.3) is 16.9 Å². The van der Waals surface area contributed by atoms with Gasteiger partial charge in [-0.3, -0.25) is 4.40 Å². The molecule has 1 aliphatic rings. The van der Waals surface area contributed by atoms with Gasteiger partial charge in [-0.05, 0) is 30.3 Å². The molecule has 4 nitrogen and oxygen atoms in total. The van der Waals surface area contributed by atoms with Crippen molar-refractivity contribution in [3.8, 4) is 22.8 Å². The summed E-state index contributed by atoms with van der Waals surface area (Å²) in [6, 6.07) is 8.59. The van der Waals surface area contributed by atoms with Crippen molar-refractivity contribution < 1.29 is 13.9 Å². The SMILES string of the molecule is Fc1ccc2nc(-c3ccc4c(c3)OCO4)c(CCl)n2c1. The van der Waals surface area contributed by atoms with E-state index in [0.29, 0.717) is 22.8 Å². The molecule has 0 spiro atoms. The fourth-order valence-corrected chi connectivity index (χ4v) is 2.73. The average molecular weight is 305 g/mol. The van der Waals surface area contributed by atoms with Crippen LogP contribution >= 0.6 is 11.6 Å². The Kier molecular flexibility index (Phi) is 2.75. The first-order valence-electron chi connectivity index (χ1n) is 6.39. The van der Waals surface area contributed by atoms with E-state index in [-0.39, 0.29) is 18.5 Å². The van der Waals surface area contributed by atoms with Crippen LogP contribution in [-0.2, 0) is 5.88 Å². The third-order valence-electron chi connectivity index (χ3n) is 3.45. The monoisotopic (exact) mass is 304 g/mol. The molecule has 2 aromatic heterocycles. The number of benzene rings is 1. The summed E-state index contributed by atoms with van der Waals surface area (Å²) in [5, 5.41) is 0. The maximum atomic E-state index is 13.4. The van der Waals surface area contributed by atoms with Gasteiger partial charge in [-0.25, -0.2) is 9.37 Å². The van der Waals surface area contributed by atoms with E-state index in [2.05, 4.69) is 4.98 Å². The van der Waals surface area contributed by atoms with Gasteiger partial charge in [-0.1, -0.05) is 0 Å². The van der Waals surface area contributed by atoms with Gasteiger partial charge in [0.1, 0.15) is 11.5 Å². The van der Waals surface area contributed by atoms with Crippen LogP contribution in [0.3, 0.4) is 0 Å². The van der Waals surface area contributed by atoms with E-state index in [1.807, 2.05) is 18.2 Å². The smallest absolute Gasteiger partial charge is 0.231 e. The molecular formula is C15H10ClFN2O2. The number of imidazole rings is 1.